The molecule has 3 heteroatoms. The maximum atomic E-state index is 11.5. The Hall–Kier alpha value is -1.02. The van der Waals surface area contributed by atoms with Crippen molar-refractivity contribution in [2.45, 2.75) is 19.3 Å². The first-order valence-corrected chi connectivity index (χ1v) is 5.54. The Kier molecular flexibility index (Phi) is 3.27. The van der Waals surface area contributed by atoms with Crippen molar-refractivity contribution >= 4 is 17.4 Å². The topological polar surface area (TPSA) is 26.3 Å². The maximum absolute atomic E-state index is 11.5. The van der Waals surface area contributed by atoms with Crippen molar-refractivity contribution in [3.8, 4) is 5.75 Å². The molecule has 1 saturated carbocycles. The number of rotatable bonds is 4. The minimum absolute atomic E-state index is 0.187. The van der Waals surface area contributed by atoms with Gasteiger partial charge in [0.25, 0.3) is 0 Å². The van der Waals surface area contributed by atoms with Gasteiger partial charge in [0.1, 0.15) is 12.4 Å². The van der Waals surface area contributed by atoms with Crippen LogP contribution in [0.1, 0.15) is 19.3 Å². The molecule has 1 fully saturated rings. The average molecular weight is 225 g/mol. The summed E-state index contributed by atoms with van der Waals surface area (Å²) in [4.78, 5) is 11.5. The molecule has 0 heterocycles. The van der Waals surface area contributed by atoms with Crippen LogP contribution >= 0.6 is 11.6 Å². The highest BCUT2D eigenvalue weighted by Gasteiger charge is 2.25. The molecular weight excluding hydrogens is 212 g/mol. The van der Waals surface area contributed by atoms with Gasteiger partial charge in [0, 0.05) is 10.9 Å². The van der Waals surface area contributed by atoms with Gasteiger partial charge in [-0.2, -0.15) is 0 Å². The standard InChI is InChI=1S/C12H13ClO2/c13-10-4-6-11(7-5-10)15-8-12(14)9-2-1-3-9/h4-7,9H,1-3,8H2. The van der Waals surface area contributed by atoms with E-state index < -0.39 is 0 Å². The fourth-order valence-electron chi connectivity index (χ4n) is 1.53. The summed E-state index contributed by atoms with van der Waals surface area (Å²) in [5.41, 5.74) is 0. The fourth-order valence-corrected chi connectivity index (χ4v) is 1.66. The first-order valence-electron chi connectivity index (χ1n) is 5.17. The van der Waals surface area contributed by atoms with E-state index >= 15 is 0 Å². The van der Waals surface area contributed by atoms with E-state index in [2.05, 4.69) is 0 Å². The molecule has 80 valence electrons. The molecule has 2 rings (SSSR count). The predicted molar refractivity (Wildman–Crippen MR) is 59.3 cm³/mol. The van der Waals surface area contributed by atoms with Gasteiger partial charge in [-0.25, -0.2) is 0 Å². The van der Waals surface area contributed by atoms with Crippen LogP contribution in [0, 0.1) is 5.92 Å². The molecule has 1 aromatic carbocycles. The van der Waals surface area contributed by atoms with Gasteiger partial charge < -0.3 is 4.74 Å². The van der Waals surface area contributed by atoms with Gasteiger partial charge in [-0.15, -0.1) is 0 Å². The van der Waals surface area contributed by atoms with Crippen molar-refractivity contribution in [2.75, 3.05) is 6.61 Å². The Morgan fingerprint density at radius 3 is 2.53 bits per heavy atom. The summed E-state index contributed by atoms with van der Waals surface area (Å²) in [6.45, 7) is 0.187. The zero-order valence-corrected chi connectivity index (χ0v) is 9.17. The SMILES string of the molecule is O=C(COc1ccc(Cl)cc1)C1CCC1. The van der Waals surface area contributed by atoms with Crippen molar-refractivity contribution in [3.05, 3.63) is 29.3 Å². The summed E-state index contributed by atoms with van der Waals surface area (Å²) in [6.07, 6.45) is 3.24. The largest absolute Gasteiger partial charge is 0.486 e. The minimum atomic E-state index is 0.187. The lowest BCUT2D eigenvalue weighted by atomic mass is 9.82. The highest BCUT2D eigenvalue weighted by Crippen LogP contribution is 2.27. The Labute approximate surface area is 94.2 Å². The third-order valence-corrected chi connectivity index (χ3v) is 3.01. The summed E-state index contributed by atoms with van der Waals surface area (Å²) >= 11 is 5.73. The summed E-state index contributed by atoms with van der Waals surface area (Å²) in [7, 11) is 0. The Morgan fingerprint density at radius 1 is 1.33 bits per heavy atom. The second-order valence-corrected chi connectivity index (χ2v) is 4.27. The summed E-state index contributed by atoms with van der Waals surface area (Å²) in [5.74, 6) is 1.17. The first kappa shape index (κ1) is 10.5. The van der Waals surface area contributed by atoms with E-state index in [0.29, 0.717) is 10.8 Å². The lowest BCUT2D eigenvalue weighted by Crippen LogP contribution is -2.26. The molecule has 2 nitrogen and oxygen atoms in total. The van der Waals surface area contributed by atoms with Gasteiger partial charge in [0.05, 0.1) is 0 Å². The molecule has 1 aliphatic carbocycles. The molecule has 1 aliphatic rings. The number of ether oxygens (including phenoxy) is 1. The third kappa shape index (κ3) is 2.72. The number of hydrogen-bond acceptors (Lipinski definition) is 2. The molecule has 0 radical (unpaired) electrons. The molecule has 1 aromatic rings. The zero-order chi connectivity index (χ0) is 10.7. The average Bonchev–Trinajstić information content (AvgIpc) is 2.14. The van der Waals surface area contributed by atoms with Gasteiger partial charge >= 0.3 is 0 Å². The van der Waals surface area contributed by atoms with Gasteiger partial charge in [-0.1, -0.05) is 18.0 Å². The first-order chi connectivity index (χ1) is 7.25. The molecule has 0 amide bonds. The maximum Gasteiger partial charge on any atom is 0.173 e. The molecule has 0 atom stereocenters. The summed E-state index contributed by atoms with van der Waals surface area (Å²) < 4.78 is 5.37. The van der Waals surface area contributed by atoms with Gasteiger partial charge in [0.2, 0.25) is 0 Å². The minimum Gasteiger partial charge on any atom is -0.486 e. The van der Waals surface area contributed by atoms with Crippen molar-refractivity contribution in [1.82, 2.24) is 0 Å². The van der Waals surface area contributed by atoms with Crippen molar-refractivity contribution in [1.29, 1.82) is 0 Å². The summed E-state index contributed by atoms with van der Waals surface area (Å²) in [6, 6.07) is 7.06. The second-order valence-electron chi connectivity index (χ2n) is 3.84. The number of benzene rings is 1. The van der Waals surface area contributed by atoms with Crippen molar-refractivity contribution in [2.24, 2.45) is 5.92 Å². The van der Waals surface area contributed by atoms with E-state index in [1.165, 1.54) is 6.42 Å². The molecule has 0 saturated heterocycles. The molecule has 0 bridgehead atoms. The highest BCUT2D eigenvalue weighted by atomic mass is 35.5. The number of ketones is 1. The molecular formula is C12H13ClO2. The Morgan fingerprint density at radius 2 is 2.00 bits per heavy atom. The van der Waals surface area contributed by atoms with E-state index in [9.17, 15) is 4.79 Å². The van der Waals surface area contributed by atoms with E-state index in [4.69, 9.17) is 16.3 Å². The lowest BCUT2D eigenvalue weighted by Gasteiger charge is -2.23. The van der Waals surface area contributed by atoms with E-state index in [1.807, 2.05) is 0 Å². The summed E-state index contributed by atoms with van der Waals surface area (Å²) in [5, 5.41) is 0.674. The van der Waals surface area contributed by atoms with E-state index in [0.717, 1.165) is 12.8 Å². The van der Waals surface area contributed by atoms with Crippen LogP contribution in [0.2, 0.25) is 5.02 Å². The normalized spacial score (nSPS) is 15.8. The Bertz CT molecular complexity index is 341. The smallest absolute Gasteiger partial charge is 0.173 e. The number of carbonyl (C=O) groups is 1. The van der Waals surface area contributed by atoms with Crippen LogP contribution < -0.4 is 4.74 Å². The monoisotopic (exact) mass is 224 g/mol. The number of halogens is 1. The van der Waals surface area contributed by atoms with Crippen LogP contribution in [-0.4, -0.2) is 12.4 Å². The quantitative estimate of drug-likeness (QED) is 0.786. The number of hydrogen-bond donors (Lipinski definition) is 0. The molecule has 0 aliphatic heterocycles. The molecule has 0 N–H and O–H groups in total. The van der Waals surface area contributed by atoms with Crippen LogP contribution in [0.3, 0.4) is 0 Å². The van der Waals surface area contributed by atoms with Gasteiger partial charge in [-0.05, 0) is 37.1 Å². The second kappa shape index (κ2) is 4.67. The lowest BCUT2D eigenvalue weighted by molar-refractivity contribution is -0.127. The molecule has 15 heavy (non-hydrogen) atoms. The fraction of sp³-hybridized carbons (Fsp3) is 0.417. The predicted octanol–water partition coefficient (Wildman–Crippen LogP) is 3.09. The molecule has 0 spiro atoms. The van der Waals surface area contributed by atoms with Crippen LogP contribution in [0.4, 0.5) is 0 Å². The van der Waals surface area contributed by atoms with Gasteiger partial charge in [0.15, 0.2) is 5.78 Å². The van der Waals surface area contributed by atoms with Crippen LogP contribution in [-0.2, 0) is 4.79 Å². The zero-order valence-electron chi connectivity index (χ0n) is 8.41. The number of Topliss-reactive ketones (excluding diaryl/α,β-unsaturated/α-hetero) is 1. The molecule has 0 unspecified atom stereocenters. The number of carbonyl (C=O) groups excluding carboxylic acids is 1. The Balaban J connectivity index is 1.82. The van der Waals surface area contributed by atoms with Crippen molar-refractivity contribution < 1.29 is 9.53 Å². The molecule has 0 aromatic heterocycles. The van der Waals surface area contributed by atoms with Crippen LogP contribution in [0.25, 0.3) is 0 Å². The van der Waals surface area contributed by atoms with E-state index in [-0.39, 0.29) is 18.3 Å². The van der Waals surface area contributed by atoms with Crippen LogP contribution in [0.5, 0.6) is 5.75 Å². The van der Waals surface area contributed by atoms with Crippen molar-refractivity contribution in [3.63, 3.8) is 0 Å². The van der Waals surface area contributed by atoms with E-state index in [1.54, 1.807) is 24.3 Å². The highest BCUT2D eigenvalue weighted by molar-refractivity contribution is 6.30. The van der Waals surface area contributed by atoms with Gasteiger partial charge in [-0.3, -0.25) is 4.79 Å². The van der Waals surface area contributed by atoms with Crippen LogP contribution in [0.15, 0.2) is 24.3 Å². The third-order valence-electron chi connectivity index (χ3n) is 2.76.